The molecule has 2 fully saturated rings. The second-order valence-corrected chi connectivity index (χ2v) is 6.42. The van der Waals surface area contributed by atoms with Crippen molar-refractivity contribution in [2.24, 2.45) is 17.8 Å². The van der Waals surface area contributed by atoms with Gasteiger partial charge in [0.2, 0.25) is 5.91 Å². The van der Waals surface area contributed by atoms with E-state index in [9.17, 15) is 9.90 Å². The van der Waals surface area contributed by atoms with Crippen LogP contribution < -0.4 is 0 Å². The lowest BCUT2D eigenvalue weighted by molar-refractivity contribution is -0.141. The fourth-order valence-corrected chi connectivity index (χ4v) is 3.78. The highest BCUT2D eigenvalue weighted by Gasteiger charge is 2.42. The summed E-state index contributed by atoms with van der Waals surface area (Å²) in [6.07, 6.45) is 7.84. The van der Waals surface area contributed by atoms with Crippen LogP contribution in [-0.2, 0) is 9.53 Å². The van der Waals surface area contributed by atoms with Crippen LogP contribution in [0, 0.1) is 17.8 Å². The summed E-state index contributed by atoms with van der Waals surface area (Å²) in [7, 11) is 1.82. The maximum atomic E-state index is 12.5. The van der Waals surface area contributed by atoms with Crippen LogP contribution in [0.4, 0.5) is 0 Å². The predicted molar refractivity (Wildman–Crippen MR) is 71.5 cm³/mol. The van der Waals surface area contributed by atoms with Crippen molar-refractivity contribution < 1.29 is 14.6 Å². The molecule has 0 radical (unpaired) electrons. The van der Waals surface area contributed by atoms with E-state index in [1.807, 2.05) is 7.05 Å². The molecule has 3 rings (SSSR count). The minimum absolute atomic E-state index is 0.142. The Hall–Kier alpha value is -0.870. The second-order valence-electron chi connectivity index (χ2n) is 6.42. The Bertz CT molecular complexity index is 387. The van der Waals surface area contributed by atoms with Gasteiger partial charge >= 0.3 is 0 Å². The molecule has 3 unspecified atom stereocenters. The molecule has 1 amide bonds. The number of likely N-dealkylation sites (N-methyl/N-ethyl adjacent to an activating group) is 1. The third-order valence-corrected chi connectivity index (χ3v) is 4.93. The van der Waals surface area contributed by atoms with Crippen LogP contribution >= 0.6 is 0 Å². The number of carbonyl (C=O) groups excluding carboxylic acids is 1. The lowest BCUT2D eigenvalue weighted by Crippen LogP contribution is -2.49. The zero-order chi connectivity index (χ0) is 13.5. The van der Waals surface area contributed by atoms with Gasteiger partial charge in [-0.25, -0.2) is 0 Å². The molecule has 3 aliphatic rings. The third kappa shape index (κ3) is 2.56. The number of carbonyl (C=O) groups is 1. The molecule has 3 atom stereocenters. The Morgan fingerprint density at radius 3 is 2.68 bits per heavy atom. The van der Waals surface area contributed by atoms with Crippen LogP contribution in [0.3, 0.4) is 0 Å². The van der Waals surface area contributed by atoms with Crippen LogP contribution in [-0.4, -0.2) is 48.3 Å². The molecule has 2 bridgehead atoms. The molecule has 2 aliphatic carbocycles. The summed E-state index contributed by atoms with van der Waals surface area (Å²) in [5.74, 6) is 1.39. The summed E-state index contributed by atoms with van der Waals surface area (Å²) >= 11 is 0. The van der Waals surface area contributed by atoms with Gasteiger partial charge in [-0.2, -0.15) is 0 Å². The Labute approximate surface area is 114 Å². The van der Waals surface area contributed by atoms with Crippen molar-refractivity contribution in [2.75, 3.05) is 26.8 Å². The Morgan fingerprint density at radius 2 is 2.11 bits per heavy atom. The van der Waals surface area contributed by atoms with Gasteiger partial charge in [-0.3, -0.25) is 4.79 Å². The van der Waals surface area contributed by atoms with Gasteiger partial charge in [0.25, 0.3) is 0 Å². The predicted octanol–water partition coefficient (Wildman–Crippen LogP) is 1.20. The van der Waals surface area contributed by atoms with E-state index >= 15 is 0 Å². The molecular weight excluding hydrogens is 242 g/mol. The number of allylic oxidation sites excluding steroid dienone is 2. The average molecular weight is 265 g/mol. The van der Waals surface area contributed by atoms with Crippen molar-refractivity contribution in [3.8, 4) is 0 Å². The maximum Gasteiger partial charge on any atom is 0.226 e. The molecule has 1 saturated heterocycles. The third-order valence-electron chi connectivity index (χ3n) is 4.93. The topological polar surface area (TPSA) is 49.8 Å². The molecular formula is C15H23NO3. The molecule has 0 aromatic heterocycles. The Kier molecular flexibility index (Phi) is 3.39. The highest BCUT2D eigenvalue weighted by atomic mass is 16.5. The van der Waals surface area contributed by atoms with E-state index in [0.717, 1.165) is 12.8 Å². The smallest absolute Gasteiger partial charge is 0.226 e. The van der Waals surface area contributed by atoms with Crippen LogP contribution in [0.5, 0.6) is 0 Å². The number of ether oxygens (including phenoxy) is 1. The molecule has 1 aliphatic heterocycles. The average Bonchev–Trinajstić information content (AvgIpc) is 3.00. The summed E-state index contributed by atoms with van der Waals surface area (Å²) in [5, 5.41) is 10.5. The minimum atomic E-state index is -0.754. The molecule has 1 saturated carbocycles. The maximum absolute atomic E-state index is 12.5. The van der Waals surface area contributed by atoms with E-state index in [1.165, 1.54) is 0 Å². The van der Waals surface area contributed by atoms with Gasteiger partial charge < -0.3 is 14.7 Å². The number of rotatable bonds is 3. The van der Waals surface area contributed by atoms with Gasteiger partial charge in [0.15, 0.2) is 0 Å². The van der Waals surface area contributed by atoms with Crippen LogP contribution in [0.25, 0.3) is 0 Å². The van der Waals surface area contributed by atoms with Gasteiger partial charge in [0, 0.05) is 45.6 Å². The summed E-state index contributed by atoms with van der Waals surface area (Å²) in [6, 6.07) is 0. The first-order chi connectivity index (χ1) is 9.07. The largest absolute Gasteiger partial charge is 0.388 e. The molecule has 106 valence electrons. The Balaban J connectivity index is 1.59. The normalized spacial score (nSPS) is 35.6. The van der Waals surface area contributed by atoms with Crippen molar-refractivity contribution >= 4 is 5.91 Å². The minimum Gasteiger partial charge on any atom is -0.388 e. The van der Waals surface area contributed by atoms with Gasteiger partial charge in [-0.15, -0.1) is 0 Å². The van der Waals surface area contributed by atoms with Gasteiger partial charge in [0.05, 0.1) is 5.60 Å². The van der Waals surface area contributed by atoms with Crippen LogP contribution in [0.15, 0.2) is 12.2 Å². The highest BCUT2D eigenvalue weighted by molar-refractivity contribution is 5.80. The zero-order valence-electron chi connectivity index (χ0n) is 11.5. The van der Waals surface area contributed by atoms with Crippen molar-refractivity contribution in [1.82, 2.24) is 4.90 Å². The van der Waals surface area contributed by atoms with Crippen molar-refractivity contribution in [3.63, 3.8) is 0 Å². The molecule has 0 aromatic rings. The van der Waals surface area contributed by atoms with Crippen molar-refractivity contribution in [2.45, 2.75) is 31.3 Å². The van der Waals surface area contributed by atoms with E-state index in [0.29, 0.717) is 44.4 Å². The van der Waals surface area contributed by atoms with E-state index in [1.54, 1.807) is 4.90 Å². The van der Waals surface area contributed by atoms with E-state index in [-0.39, 0.29) is 11.8 Å². The zero-order valence-corrected chi connectivity index (χ0v) is 11.5. The number of aliphatic hydroxyl groups is 1. The van der Waals surface area contributed by atoms with Gasteiger partial charge in [0.1, 0.15) is 0 Å². The summed E-state index contributed by atoms with van der Waals surface area (Å²) in [4.78, 5) is 14.2. The first-order valence-electron chi connectivity index (χ1n) is 7.31. The quantitative estimate of drug-likeness (QED) is 0.780. The highest BCUT2D eigenvalue weighted by Crippen LogP contribution is 2.44. The molecule has 0 spiro atoms. The molecule has 19 heavy (non-hydrogen) atoms. The van der Waals surface area contributed by atoms with Crippen molar-refractivity contribution in [3.05, 3.63) is 12.2 Å². The van der Waals surface area contributed by atoms with E-state index in [4.69, 9.17) is 4.74 Å². The van der Waals surface area contributed by atoms with Gasteiger partial charge in [-0.05, 0) is 24.7 Å². The summed E-state index contributed by atoms with van der Waals surface area (Å²) in [5.41, 5.74) is -0.754. The standard InChI is InChI=1S/C15H23NO3/c1-16(10-15(18)4-6-19-7-5-15)14(17)13-9-11-2-3-12(13)8-11/h2-3,11-13,18H,4-10H2,1H3. The lowest BCUT2D eigenvalue weighted by atomic mass is 9.90. The fraction of sp³-hybridized carbons (Fsp3) is 0.800. The number of amides is 1. The summed E-state index contributed by atoms with van der Waals surface area (Å²) in [6.45, 7) is 1.62. The SMILES string of the molecule is CN(CC1(O)CCOCC1)C(=O)C1CC2C=CC1C2. The van der Waals surface area contributed by atoms with E-state index in [2.05, 4.69) is 12.2 Å². The van der Waals surface area contributed by atoms with Crippen LogP contribution in [0.1, 0.15) is 25.7 Å². The molecule has 4 nitrogen and oxygen atoms in total. The monoisotopic (exact) mass is 265 g/mol. The van der Waals surface area contributed by atoms with Gasteiger partial charge in [-0.1, -0.05) is 12.2 Å². The first-order valence-corrected chi connectivity index (χ1v) is 7.31. The molecule has 0 aromatic carbocycles. The molecule has 4 heteroatoms. The number of hydrogen-bond acceptors (Lipinski definition) is 3. The van der Waals surface area contributed by atoms with Crippen molar-refractivity contribution in [1.29, 1.82) is 0 Å². The fourth-order valence-electron chi connectivity index (χ4n) is 3.78. The molecule has 1 heterocycles. The lowest BCUT2D eigenvalue weighted by Gasteiger charge is -2.36. The molecule has 1 N–H and O–H groups in total. The second kappa shape index (κ2) is 4.91. The van der Waals surface area contributed by atoms with Crippen LogP contribution in [0.2, 0.25) is 0 Å². The first kappa shape index (κ1) is 13.1. The number of nitrogens with zero attached hydrogens (tertiary/aromatic N) is 1. The number of hydrogen-bond donors (Lipinski definition) is 1. The Morgan fingerprint density at radius 1 is 1.37 bits per heavy atom. The summed E-state index contributed by atoms with van der Waals surface area (Å²) < 4.78 is 5.27. The van der Waals surface area contributed by atoms with E-state index < -0.39 is 5.60 Å². The number of fused-ring (bicyclic) bond motifs is 2.